The third-order valence-electron chi connectivity index (χ3n) is 0.160. The molecule has 1 nitrogen and oxygen atoms in total. The van der Waals surface area contributed by atoms with Gasteiger partial charge in [-0.1, -0.05) is 11.4 Å². The summed E-state index contributed by atoms with van der Waals surface area (Å²) in [5.74, 6) is 0. The van der Waals surface area contributed by atoms with Gasteiger partial charge in [0.25, 0.3) is 0 Å². The van der Waals surface area contributed by atoms with Gasteiger partial charge in [-0.3, -0.25) is 0 Å². The maximum absolute atomic E-state index is 9.95. The number of hydrogen-bond acceptors (Lipinski definition) is 2. The van der Waals surface area contributed by atoms with Crippen LogP contribution in [0.3, 0.4) is 0 Å². The Morgan fingerprint density at radius 2 is 2.20 bits per heavy atom. The molecule has 0 aromatic rings. The predicted octanol–water partition coefficient (Wildman–Crippen LogP) is 2.17. The number of halogens is 1. The van der Waals surface area contributed by atoms with Gasteiger partial charge in [-0.15, -0.1) is 0 Å². The zero-order valence-corrected chi connectivity index (χ0v) is 6.67. The van der Waals surface area contributed by atoms with E-state index in [0.29, 0.717) is 0 Å². The van der Waals surface area contributed by atoms with E-state index in [1.807, 2.05) is 28.3 Å². The van der Waals surface area contributed by atoms with E-state index in [1.165, 1.54) is 11.4 Å². The smallest absolute Gasteiger partial charge is 0.183 e. The molecule has 0 aliphatic carbocycles. The molecule has 0 rings (SSSR count). The van der Waals surface area contributed by atoms with Crippen molar-refractivity contribution < 1.29 is 4.57 Å². The van der Waals surface area contributed by atoms with Crippen molar-refractivity contribution in [3.8, 4) is 0 Å². The fraction of sp³-hybridized carbons (Fsp3) is 1.00. The summed E-state index contributed by atoms with van der Waals surface area (Å²) in [6, 6.07) is 0. The van der Waals surface area contributed by atoms with Crippen LogP contribution in [0, 0.1) is 0 Å². The van der Waals surface area contributed by atoms with E-state index < -0.39 is 4.65 Å². The Labute approximate surface area is 48.9 Å². The van der Waals surface area contributed by atoms with Crippen molar-refractivity contribution >= 4 is 38.1 Å². The zero-order valence-electron chi connectivity index (χ0n) is 2.69. The first-order valence-corrected chi connectivity index (χ1v) is 7.48. The van der Waals surface area contributed by atoms with E-state index in [2.05, 4.69) is 0 Å². The Hall–Kier alpha value is 1.31. The molecule has 1 atom stereocenters. The molecule has 0 aliphatic rings. The molecule has 0 amide bonds. The molecule has 1 unspecified atom stereocenters. The monoisotopic (exact) mass is 222 g/mol. The van der Waals surface area contributed by atoms with Crippen molar-refractivity contribution in [3.63, 3.8) is 0 Å². The van der Waals surface area contributed by atoms with Gasteiger partial charge in [0, 0.05) is 0 Å². The van der Waals surface area contributed by atoms with Gasteiger partial charge in [0.2, 0.25) is 0 Å². The van der Waals surface area contributed by atoms with Crippen LogP contribution in [-0.4, -0.2) is 6.26 Å². The number of hydrogen-bond donors (Lipinski definition) is 0. The van der Waals surface area contributed by atoms with E-state index in [4.69, 9.17) is 0 Å². The van der Waals surface area contributed by atoms with Gasteiger partial charge in [-0.25, -0.2) is 0 Å². The molecule has 0 heterocycles. The largest absolute Gasteiger partial charge is 0.304 e. The van der Waals surface area contributed by atoms with Crippen molar-refractivity contribution in [1.82, 2.24) is 0 Å². The summed E-state index contributed by atoms with van der Waals surface area (Å²) in [6.45, 7) is 0. The average Bonchev–Trinajstić information content (AvgIpc) is 1.38. The van der Waals surface area contributed by atoms with Crippen LogP contribution in [0.5, 0.6) is 0 Å². The average molecular weight is 222 g/mol. The van der Waals surface area contributed by atoms with Crippen molar-refractivity contribution in [2.24, 2.45) is 0 Å². The molecule has 0 saturated heterocycles. The summed E-state index contributed by atoms with van der Waals surface area (Å²) in [5.41, 5.74) is 0. The van der Waals surface area contributed by atoms with E-state index in [-0.39, 0.29) is 0 Å². The summed E-state index contributed by atoms with van der Waals surface area (Å²) in [6.07, 6.45) is 1.84. The van der Waals surface area contributed by atoms with Crippen molar-refractivity contribution in [2.45, 2.75) is 0 Å². The second kappa shape index (κ2) is 3.50. The van der Waals surface area contributed by atoms with Gasteiger partial charge < -0.3 is 4.57 Å². The fourth-order valence-electron chi connectivity index (χ4n) is 0. The Morgan fingerprint density at radius 3 is 2.20 bits per heavy atom. The molecule has 0 aromatic heterocycles. The van der Waals surface area contributed by atoms with Crippen LogP contribution in [-0.2, 0) is 4.57 Å². The third kappa shape index (κ3) is 5.31. The lowest BCUT2D eigenvalue weighted by molar-refractivity contribution is 0.604. The van der Waals surface area contributed by atoms with Crippen molar-refractivity contribution in [2.75, 3.05) is 6.26 Å². The molecule has 0 bridgehead atoms. The number of rotatable bonds is 1. The van der Waals surface area contributed by atoms with Crippen LogP contribution in [0.4, 0.5) is 0 Å². The molecule has 0 aliphatic heterocycles. The molecule has 32 valence electrons. The van der Waals surface area contributed by atoms with Crippen molar-refractivity contribution in [3.05, 3.63) is 0 Å². The fourth-order valence-corrected chi connectivity index (χ4v) is 0. The summed E-state index contributed by atoms with van der Waals surface area (Å²) < 4.78 is 8.71. The van der Waals surface area contributed by atoms with Crippen LogP contribution in [0.15, 0.2) is 0 Å². The standard InChI is InChI=1S/CH4IOPS/c1-5-4(2)3/h4H,1H3. The molecule has 5 heavy (non-hydrogen) atoms. The van der Waals surface area contributed by atoms with Crippen LogP contribution in [0.1, 0.15) is 0 Å². The minimum absolute atomic E-state index is 1.24. The topological polar surface area (TPSA) is 17.1 Å². The highest BCUT2D eigenvalue weighted by Crippen LogP contribution is 2.43. The lowest BCUT2D eigenvalue weighted by atomic mass is 12.0. The van der Waals surface area contributed by atoms with Gasteiger partial charge in [0.15, 0.2) is 4.65 Å². The second-order valence-corrected chi connectivity index (χ2v) is 8.80. The highest BCUT2D eigenvalue weighted by Gasteiger charge is 1.77. The third-order valence-corrected chi connectivity index (χ3v) is 5.41. The van der Waals surface area contributed by atoms with Gasteiger partial charge >= 0.3 is 0 Å². The molecular weight excluding hydrogens is 218 g/mol. The summed E-state index contributed by atoms with van der Waals surface area (Å²) in [5, 5.41) is 0. The lowest BCUT2D eigenvalue weighted by Crippen LogP contribution is -1.21. The Balaban J connectivity index is 2.85. The minimum atomic E-state index is -1.24. The quantitative estimate of drug-likeness (QED) is 0.499. The van der Waals surface area contributed by atoms with Gasteiger partial charge in [0.1, 0.15) is 0 Å². The molecular formula is CH4IOPS. The van der Waals surface area contributed by atoms with Crippen LogP contribution in [0.2, 0.25) is 0 Å². The van der Waals surface area contributed by atoms with Crippen LogP contribution in [0.25, 0.3) is 0 Å². The SMILES string of the molecule is CS[PH](=O)I. The van der Waals surface area contributed by atoms with E-state index in [9.17, 15) is 4.57 Å². The Morgan fingerprint density at radius 1 is 2.00 bits per heavy atom. The van der Waals surface area contributed by atoms with Crippen LogP contribution >= 0.6 is 38.1 Å². The highest BCUT2D eigenvalue weighted by atomic mass is 127. The normalized spacial score (nSPS) is 14.8. The Bertz CT molecular complexity index is 46.9. The van der Waals surface area contributed by atoms with Gasteiger partial charge in [-0.2, -0.15) is 0 Å². The molecule has 0 spiro atoms. The zero-order chi connectivity index (χ0) is 4.28. The molecule has 0 fully saturated rings. The highest BCUT2D eigenvalue weighted by molar-refractivity contribution is 14.2. The first-order chi connectivity index (χ1) is 2.27. The van der Waals surface area contributed by atoms with E-state index in [0.717, 1.165) is 0 Å². The summed E-state index contributed by atoms with van der Waals surface area (Å²) >= 11 is 3.33. The lowest BCUT2D eigenvalue weighted by Gasteiger charge is -1.72. The van der Waals surface area contributed by atoms with E-state index in [1.54, 1.807) is 0 Å². The van der Waals surface area contributed by atoms with Gasteiger partial charge in [-0.05, 0) is 28.3 Å². The first-order valence-electron chi connectivity index (χ1n) is 1.01. The minimum Gasteiger partial charge on any atom is -0.304 e. The predicted molar refractivity (Wildman–Crippen MR) is 36.5 cm³/mol. The first kappa shape index (κ1) is 6.31. The molecule has 0 saturated carbocycles. The molecule has 0 radical (unpaired) electrons. The van der Waals surface area contributed by atoms with E-state index >= 15 is 0 Å². The molecule has 0 N–H and O–H groups in total. The summed E-state index contributed by atoms with van der Waals surface area (Å²) in [4.78, 5) is 0. The second-order valence-electron chi connectivity index (χ2n) is 0.442. The van der Waals surface area contributed by atoms with Gasteiger partial charge in [0.05, 0.1) is 0 Å². The Kier molecular flexibility index (Phi) is 4.41. The molecule has 4 heteroatoms. The maximum atomic E-state index is 9.95. The van der Waals surface area contributed by atoms with Crippen LogP contribution < -0.4 is 0 Å². The summed E-state index contributed by atoms with van der Waals surface area (Å²) in [7, 11) is 0. The molecule has 0 aromatic carbocycles. The maximum Gasteiger partial charge on any atom is 0.183 e. The van der Waals surface area contributed by atoms with Crippen molar-refractivity contribution in [1.29, 1.82) is 0 Å².